The Balaban J connectivity index is 3.08. The van der Waals surface area contributed by atoms with E-state index in [9.17, 15) is 0 Å². The lowest BCUT2D eigenvalue weighted by molar-refractivity contribution is 0.0969. The monoisotopic (exact) mass is 416 g/mol. The van der Waals surface area contributed by atoms with E-state index in [1.54, 1.807) is 0 Å². The number of alkyl halides is 1. The largest absolute Gasteiger partial charge is 0.413 e. The predicted octanol–water partition coefficient (Wildman–Crippen LogP) is 7.28. The van der Waals surface area contributed by atoms with Crippen LogP contribution in [0.2, 0.25) is 36.3 Å². The predicted molar refractivity (Wildman–Crippen MR) is 121 cm³/mol. The van der Waals surface area contributed by atoms with E-state index in [-0.39, 0.29) is 22.3 Å². The molecule has 0 saturated heterocycles. The molecule has 152 valence electrons. The molecule has 1 aliphatic rings. The molecule has 1 rings (SSSR count). The van der Waals surface area contributed by atoms with E-state index in [4.69, 9.17) is 20.5 Å². The van der Waals surface area contributed by atoms with Crippen molar-refractivity contribution in [3.8, 4) is 0 Å². The Hall–Kier alpha value is 0.124. The molecule has 0 amide bonds. The first-order valence-electron chi connectivity index (χ1n) is 9.81. The molecule has 1 saturated carbocycles. The lowest BCUT2D eigenvalue weighted by Gasteiger charge is -2.45. The summed E-state index contributed by atoms with van der Waals surface area (Å²) in [5, 5.41) is 0.379. The fraction of sp³-hybridized carbons (Fsp3) is 0.810. The smallest absolute Gasteiger partial charge is 0.192 e. The standard InChI is InChI=1S/C21H41ClO2Si2/c1-16-17(12-13-22)14-18(23-25(8,9)20(2,3)4)15-19(16)24-26(10,11)21(5,6)7/h12,18-19H,1,13-15H2,2-11H3/b17-12-/t18-,19-/m0/s1. The van der Waals surface area contributed by atoms with Crippen molar-refractivity contribution < 1.29 is 8.85 Å². The van der Waals surface area contributed by atoms with Gasteiger partial charge in [-0.3, -0.25) is 0 Å². The second-order valence-corrected chi connectivity index (χ2v) is 20.5. The van der Waals surface area contributed by atoms with E-state index < -0.39 is 16.6 Å². The Bertz CT molecular complexity index is 539. The Morgan fingerprint density at radius 2 is 1.46 bits per heavy atom. The van der Waals surface area contributed by atoms with Gasteiger partial charge in [0.25, 0.3) is 0 Å². The molecule has 0 unspecified atom stereocenters. The van der Waals surface area contributed by atoms with Gasteiger partial charge in [-0.15, -0.1) is 11.6 Å². The molecule has 0 heterocycles. The summed E-state index contributed by atoms with van der Waals surface area (Å²) in [7, 11) is -3.70. The van der Waals surface area contributed by atoms with Crippen LogP contribution in [0.3, 0.4) is 0 Å². The highest BCUT2D eigenvalue weighted by molar-refractivity contribution is 6.74. The van der Waals surface area contributed by atoms with Gasteiger partial charge in [0.15, 0.2) is 16.6 Å². The summed E-state index contributed by atoms with van der Waals surface area (Å²) in [6.45, 7) is 27.4. The summed E-state index contributed by atoms with van der Waals surface area (Å²) in [6, 6.07) is 0. The Labute approximate surface area is 169 Å². The molecule has 5 heteroatoms. The summed E-state index contributed by atoms with van der Waals surface area (Å²) in [4.78, 5) is 0. The minimum absolute atomic E-state index is 0.0360. The van der Waals surface area contributed by atoms with Crippen molar-refractivity contribution in [3.05, 3.63) is 23.8 Å². The third-order valence-corrected chi connectivity index (χ3v) is 15.7. The summed E-state index contributed by atoms with van der Waals surface area (Å²) in [5.41, 5.74) is 2.32. The van der Waals surface area contributed by atoms with Crippen LogP contribution in [0.4, 0.5) is 0 Å². The number of halogens is 1. The quantitative estimate of drug-likeness (QED) is 0.346. The van der Waals surface area contributed by atoms with Gasteiger partial charge in [0.05, 0.1) is 12.2 Å². The zero-order valence-electron chi connectivity index (χ0n) is 18.8. The van der Waals surface area contributed by atoms with Crippen molar-refractivity contribution in [2.45, 2.75) is 103 Å². The maximum atomic E-state index is 6.75. The number of allylic oxidation sites excluding steroid dienone is 1. The summed E-state index contributed by atoms with van der Waals surface area (Å²) in [6.07, 6.45) is 4.11. The number of rotatable bonds is 5. The summed E-state index contributed by atoms with van der Waals surface area (Å²) < 4.78 is 13.5. The second-order valence-electron chi connectivity index (χ2n) is 10.7. The fourth-order valence-electron chi connectivity index (χ4n) is 2.69. The lowest BCUT2D eigenvalue weighted by atomic mass is 9.86. The van der Waals surface area contributed by atoms with Crippen LogP contribution in [0, 0.1) is 0 Å². The molecule has 0 aliphatic heterocycles. The van der Waals surface area contributed by atoms with Gasteiger partial charge in [-0.2, -0.15) is 0 Å². The average molecular weight is 417 g/mol. The molecule has 0 aromatic heterocycles. The molecular weight excluding hydrogens is 376 g/mol. The van der Waals surface area contributed by atoms with Gasteiger partial charge in [0, 0.05) is 12.3 Å². The first kappa shape index (κ1) is 24.2. The highest BCUT2D eigenvalue weighted by Gasteiger charge is 2.44. The van der Waals surface area contributed by atoms with E-state index in [2.05, 4.69) is 80.4 Å². The van der Waals surface area contributed by atoms with Gasteiger partial charge in [-0.1, -0.05) is 54.2 Å². The van der Waals surface area contributed by atoms with Crippen LogP contribution >= 0.6 is 11.6 Å². The third-order valence-electron chi connectivity index (χ3n) is 6.56. The van der Waals surface area contributed by atoms with Gasteiger partial charge in [-0.25, -0.2) is 0 Å². The maximum Gasteiger partial charge on any atom is 0.192 e. The van der Waals surface area contributed by atoms with Gasteiger partial charge < -0.3 is 8.85 Å². The third kappa shape index (κ3) is 5.81. The van der Waals surface area contributed by atoms with Crippen LogP contribution in [0.15, 0.2) is 23.8 Å². The van der Waals surface area contributed by atoms with Crippen LogP contribution in [0.1, 0.15) is 54.4 Å². The number of hydrogen-bond donors (Lipinski definition) is 0. The van der Waals surface area contributed by atoms with Crippen molar-refractivity contribution >= 4 is 28.2 Å². The van der Waals surface area contributed by atoms with Crippen molar-refractivity contribution in [1.82, 2.24) is 0 Å². The van der Waals surface area contributed by atoms with E-state index in [1.807, 2.05) is 0 Å². The molecule has 0 radical (unpaired) electrons. The molecule has 0 spiro atoms. The molecular formula is C21H41ClO2Si2. The van der Waals surface area contributed by atoms with Gasteiger partial charge in [0.2, 0.25) is 0 Å². The molecule has 2 nitrogen and oxygen atoms in total. The van der Waals surface area contributed by atoms with Gasteiger partial charge in [0.1, 0.15) is 0 Å². The van der Waals surface area contributed by atoms with Crippen molar-refractivity contribution in [3.63, 3.8) is 0 Å². The minimum Gasteiger partial charge on any atom is -0.413 e. The molecule has 2 atom stereocenters. The highest BCUT2D eigenvalue weighted by Crippen LogP contribution is 2.43. The lowest BCUT2D eigenvalue weighted by Crippen LogP contribution is -2.49. The Morgan fingerprint density at radius 3 is 1.88 bits per heavy atom. The zero-order chi connectivity index (χ0) is 20.6. The molecule has 0 bridgehead atoms. The second kappa shape index (κ2) is 8.24. The Kier molecular flexibility index (Phi) is 7.66. The zero-order valence-corrected chi connectivity index (χ0v) is 21.5. The van der Waals surface area contributed by atoms with Crippen LogP contribution in [-0.4, -0.2) is 34.7 Å². The average Bonchev–Trinajstić information content (AvgIpc) is 2.40. The molecule has 0 aromatic rings. The van der Waals surface area contributed by atoms with Crippen molar-refractivity contribution in [2.24, 2.45) is 0 Å². The van der Waals surface area contributed by atoms with Crippen molar-refractivity contribution in [2.75, 3.05) is 5.88 Å². The van der Waals surface area contributed by atoms with Crippen LogP contribution in [0.25, 0.3) is 0 Å². The van der Waals surface area contributed by atoms with Crippen LogP contribution in [-0.2, 0) is 8.85 Å². The molecule has 0 N–H and O–H groups in total. The van der Waals surface area contributed by atoms with Gasteiger partial charge in [-0.05, 0) is 53.8 Å². The molecule has 1 fully saturated rings. The molecule has 26 heavy (non-hydrogen) atoms. The Morgan fingerprint density at radius 1 is 1.00 bits per heavy atom. The summed E-state index contributed by atoms with van der Waals surface area (Å²) in [5.74, 6) is 0.508. The number of hydrogen-bond acceptors (Lipinski definition) is 2. The maximum absolute atomic E-state index is 6.75. The summed E-state index contributed by atoms with van der Waals surface area (Å²) >= 11 is 6.03. The molecule has 0 aromatic carbocycles. The van der Waals surface area contributed by atoms with Crippen LogP contribution in [0.5, 0.6) is 0 Å². The van der Waals surface area contributed by atoms with Crippen molar-refractivity contribution in [1.29, 1.82) is 0 Å². The highest BCUT2D eigenvalue weighted by atomic mass is 35.5. The molecule has 1 aliphatic carbocycles. The van der Waals surface area contributed by atoms with Crippen LogP contribution < -0.4 is 0 Å². The minimum atomic E-state index is -1.88. The first-order valence-corrected chi connectivity index (χ1v) is 16.2. The van der Waals surface area contributed by atoms with E-state index in [0.29, 0.717) is 5.88 Å². The topological polar surface area (TPSA) is 18.5 Å². The van der Waals surface area contributed by atoms with E-state index in [1.165, 1.54) is 5.57 Å². The van der Waals surface area contributed by atoms with E-state index in [0.717, 1.165) is 18.4 Å². The first-order chi connectivity index (χ1) is 11.5. The SMILES string of the molecule is C=C1/C(=C\CCl)C[C@H](O[Si](C)(C)C(C)(C)C)C[C@@H]1O[Si](C)(C)C(C)(C)C. The van der Waals surface area contributed by atoms with E-state index >= 15 is 0 Å². The van der Waals surface area contributed by atoms with Gasteiger partial charge >= 0.3 is 0 Å². The fourth-order valence-corrected chi connectivity index (χ4v) is 5.55. The normalized spacial score (nSPS) is 25.0.